The van der Waals surface area contributed by atoms with Crippen molar-refractivity contribution in [2.75, 3.05) is 5.32 Å². The van der Waals surface area contributed by atoms with Crippen molar-refractivity contribution < 1.29 is 9.59 Å². The molecule has 2 aromatic heterocycles. The quantitative estimate of drug-likeness (QED) is 0.439. The van der Waals surface area contributed by atoms with E-state index in [4.69, 9.17) is 10.7 Å². The fourth-order valence-corrected chi connectivity index (χ4v) is 4.17. The molecule has 0 saturated carbocycles. The topological polar surface area (TPSA) is 102 Å². The first-order valence-electron chi connectivity index (χ1n) is 9.42. The lowest BCUT2D eigenvalue weighted by Crippen LogP contribution is -2.34. The molecule has 0 radical (unpaired) electrons. The number of fused-ring (bicyclic) bond motifs is 1. The monoisotopic (exact) mass is 419 g/mol. The Kier molecular flexibility index (Phi) is 5.49. The highest BCUT2D eigenvalue weighted by Gasteiger charge is 2.18. The van der Waals surface area contributed by atoms with E-state index in [-0.39, 0.29) is 12.3 Å². The lowest BCUT2D eigenvalue weighted by atomic mass is 10.1. The van der Waals surface area contributed by atoms with Crippen LogP contribution >= 0.6 is 11.3 Å². The predicted molar refractivity (Wildman–Crippen MR) is 119 cm³/mol. The molecule has 0 aliphatic heterocycles. The van der Waals surface area contributed by atoms with Crippen LogP contribution in [0.2, 0.25) is 0 Å². The molecule has 0 aliphatic carbocycles. The van der Waals surface area contributed by atoms with Crippen LogP contribution < -0.4 is 16.4 Å². The molecule has 0 saturated heterocycles. The molecule has 30 heavy (non-hydrogen) atoms. The molecule has 0 spiro atoms. The molecular weight excluding hydrogens is 398 g/mol. The summed E-state index contributed by atoms with van der Waals surface area (Å²) in [7, 11) is 1.98. The van der Waals surface area contributed by atoms with E-state index in [1.165, 1.54) is 11.3 Å². The fraction of sp³-hybridized carbons (Fsp3) is 0.136. The van der Waals surface area contributed by atoms with Gasteiger partial charge in [-0.25, -0.2) is 9.78 Å². The Morgan fingerprint density at radius 1 is 1.10 bits per heavy atom. The van der Waals surface area contributed by atoms with E-state index in [0.717, 1.165) is 27.3 Å². The summed E-state index contributed by atoms with van der Waals surface area (Å²) in [5, 5.41) is 7.39. The van der Waals surface area contributed by atoms with Crippen molar-refractivity contribution in [1.82, 2.24) is 14.9 Å². The van der Waals surface area contributed by atoms with Crippen LogP contribution in [0.3, 0.4) is 0 Å². The maximum atomic E-state index is 12.5. The highest BCUT2D eigenvalue weighted by atomic mass is 32.1. The second-order valence-corrected chi connectivity index (χ2v) is 7.87. The SMILES string of the molecule is Cn1c(-c2ccc(NC(=O)CC(NC(N)=O)c3cccs3)cc2)nc2ccccc21. The highest BCUT2D eigenvalue weighted by molar-refractivity contribution is 7.10. The number of nitrogens with zero attached hydrogens (tertiary/aromatic N) is 2. The van der Waals surface area contributed by atoms with Gasteiger partial charge in [-0.3, -0.25) is 4.79 Å². The van der Waals surface area contributed by atoms with Gasteiger partial charge in [-0.15, -0.1) is 11.3 Å². The van der Waals surface area contributed by atoms with E-state index >= 15 is 0 Å². The fourth-order valence-electron chi connectivity index (χ4n) is 3.39. The molecule has 8 heteroatoms. The van der Waals surface area contributed by atoms with Gasteiger partial charge in [-0.1, -0.05) is 18.2 Å². The molecule has 0 fully saturated rings. The Bertz CT molecular complexity index is 1180. The third-order valence-corrected chi connectivity index (χ3v) is 5.79. The lowest BCUT2D eigenvalue weighted by Gasteiger charge is -2.16. The normalized spacial score (nSPS) is 11.9. The van der Waals surface area contributed by atoms with Gasteiger partial charge >= 0.3 is 6.03 Å². The van der Waals surface area contributed by atoms with Crippen LogP contribution in [-0.4, -0.2) is 21.5 Å². The molecule has 1 atom stereocenters. The molecule has 1 unspecified atom stereocenters. The van der Waals surface area contributed by atoms with E-state index in [0.29, 0.717) is 5.69 Å². The van der Waals surface area contributed by atoms with E-state index in [9.17, 15) is 9.59 Å². The first-order chi connectivity index (χ1) is 14.5. The summed E-state index contributed by atoms with van der Waals surface area (Å²) in [6, 6.07) is 18.1. The lowest BCUT2D eigenvalue weighted by molar-refractivity contribution is -0.116. The van der Waals surface area contributed by atoms with Crippen molar-refractivity contribution in [3.8, 4) is 11.4 Å². The van der Waals surface area contributed by atoms with E-state index in [1.54, 1.807) is 0 Å². The molecule has 4 N–H and O–H groups in total. The minimum Gasteiger partial charge on any atom is -0.352 e. The number of nitrogens with one attached hydrogen (secondary N) is 2. The van der Waals surface area contributed by atoms with Gasteiger partial charge in [-0.05, 0) is 47.8 Å². The van der Waals surface area contributed by atoms with Crippen LogP contribution in [0, 0.1) is 0 Å². The molecule has 0 bridgehead atoms. The van der Waals surface area contributed by atoms with Gasteiger partial charge in [0.25, 0.3) is 0 Å². The number of hydrogen-bond donors (Lipinski definition) is 3. The number of aromatic nitrogens is 2. The summed E-state index contributed by atoms with van der Waals surface area (Å²) in [5.74, 6) is 0.648. The van der Waals surface area contributed by atoms with Gasteiger partial charge in [0, 0.05) is 23.2 Å². The number of amides is 3. The number of carbonyl (C=O) groups excluding carboxylic acids is 2. The highest BCUT2D eigenvalue weighted by Crippen LogP contribution is 2.26. The first-order valence-corrected chi connectivity index (χ1v) is 10.3. The Morgan fingerprint density at radius 2 is 1.87 bits per heavy atom. The maximum absolute atomic E-state index is 12.5. The minimum atomic E-state index is -0.659. The van der Waals surface area contributed by atoms with Crippen LogP contribution in [0.1, 0.15) is 17.3 Å². The molecule has 152 valence electrons. The zero-order valence-electron chi connectivity index (χ0n) is 16.3. The Morgan fingerprint density at radius 3 is 2.53 bits per heavy atom. The van der Waals surface area contributed by atoms with Gasteiger partial charge in [-0.2, -0.15) is 0 Å². The molecule has 7 nitrogen and oxygen atoms in total. The number of primary amides is 1. The zero-order valence-corrected chi connectivity index (χ0v) is 17.1. The van der Waals surface area contributed by atoms with Gasteiger partial charge in [0.2, 0.25) is 5.91 Å². The standard InChI is InChI=1S/C22H21N5O2S/c1-27-18-6-3-2-5-16(18)25-21(27)14-8-10-15(11-9-14)24-20(28)13-17(26-22(23)29)19-7-4-12-30-19/h2-12,17H,13H2,1H3,(H,24,28)(H3,23,26,29). The largest absolute Gasteiger partial charge is 0.352 e. The number of nitrogens with two attached hydrogens (primary N) is 1. The number of imidazole rings is 1. The predicted octanol–water partition coefficient (Wildman–Crippen LogP) is 4.04. The van der Waals surface area contributed by atoms with Crippen LogP contribution in [0.4, 0.5) is 10.5 Å². The average molecular weight is 420 g/mol. The molecule has 0 aliphatic rings. The van der Waals surface area contributed by atoms with Crippen molar-refractivity contribution in [2.45, 2.75) is 12.5 Å². The molecule has 3 amide bonds. The second-order valence-electron chi connectivity index (χ2n) is 6.89. The van der Waals surface area contributed by atoms with Crippen molar-refractivity contribution >= 4 is 40.0 Å². The molecular formula is C22H21N5O2S. The number of urea groups is 1. The molecule has 4 aromatic rings. The van der Waals surface area contributed by atoms with Crippen molar-refractivity contribution in [1.29, 1.82) is 0 Å². The average Bonchev–Trinajstić information content (AvgIpc) is 3.37. The summed E-state index contributed by atoms with van der Waals surface area (Å²) < 4.78 is 2.05. The summed E-state index contributed by atoms with van der Waals surface area (Å²) in [5.41, 5.74) is 8.88. The summed E-state index contributed by atoms with van der Waals surface area (Å²) in [6.07, 6.45) is 0.0932. The van der Waals surface area contributed by atoms with Gasteiger partial charge < -0.3 is 20.9 Å². The number of aryl methyl sites for hydroxylation is 1. The first kappa shape index (κ1) is 19.7. The van der Waals surface area contributed by atoms with E-state index < -0.39 is 12.1 Å². The Labute approximate surface area is 177 Å². The van der Waals surface area contributed by atoms with E-state index in [1.807, 2.05) is 77.7 Å². The van der Waals surface area contributed by atoms with Crippen molar-refractivity contribution in [3.63, 3.8) is 0 Å². The summed E-state index contributed by atoms with van der Waals surface area (Å²) >= 11 is 1.46. The molecule has 2 heterocycles. The number of anilines is 1. The van der Waals surface area contributed by atoms with Gasteiger partial charge in [0.1, 0.15) is 5.82 Å². The van der Waals surface area contributed by atoms with Crippen molar-refractivity contribution in [3.05, 3.63) is 70.9 Å². The number of benzene rings is 2. The minimum absolute atomic E-state index is 0.0932. The van der Waals surface area contributed by atoms with E-state index in [2.05, 4.69) is 10.6 Å². The molecule has 2 aromatic carbocycles. The summed E-state index contributed by atoms with van der Waals surface area (Å²) in [4.78, 5) is 29.4. The van der Waals surface area contributed by atoms with Crippen LogP contribution in [-0.2, 0) is 11.8 Å². The smallest absolute Gasteiger partial charge is 0.312 e. The zero-order chi connectivity index (χ0) is 21.1. The molecule has 4 rings (SSSR count). The number of thiophene rings is 1. The Balaban J connectivity index is 1.47. The Hall–Kier alpha value is -3.65. The number of carbonyl (C=O) groups is 2. The van der Waals surface area contributed by atoms with Crippen molar-refractivity contribution in [2.24, 2.45) is 12.8 Å². The number of hydrogen-bond acceptors (Lipinski definition) is 4. The summed E-state index contributed by atoms with van der Waals surface area (Å²) in [6.45, 7) is 0. The van der Waals surface area contributed by atoms with Gasteiger partial charge in [0.05, 0.1) is 23.5 Å². The van der Waals surface area contributed by atoms with Crippen LogP contribution in [0.15, 0.2) is 66.0 Å². The third-order valence-electron chi connectivity index (χ3n) is 4.81. The van der Waals surface area contributed by atoms with Crippen LogP contribution in [0.25, 0.3) is 22.4 Å². The van der Waals surface area contributed by atoms with Gasteiger partial charge in [0.15, 0.2) is 0 Å². The maximum Gasteiger partial charge on any atom is 0.312 e. The number of para-hydroxylation sites is 2. The third kappa shape index (κ3) is 4.18. The van der Waals surface area contributed by atoms with Crippen LogP contribution in [0.5, 0.6) is 0 Å². The second kappa shape index (κ2) is 8.38. The number of rotatable bonds is 6.